The van der Waals surface area contributed by atoms with Crippen molar-refractivity contribution >= 4 is 0 Å². The van der Waals surface area contributed by atoms with Gasteiger partial charge in [0, 0.05) is 0 Å². The Morgan fingerprint density at radius 2 is 1.91 bits per heavy atom. The summed E-state index contributed by atoms with van der Waals surface area (Å²) in [6, 6.07) is 0. The molecule has 0 radical (unpaired) electrons. The van der Waals surface area contributed by atoms with Crippen LogP contribution in [0, 0.1) is 5.92 Å². The molecule has 62 valence electrons. The van der Waals surface area contributed by atoms with Crippen molar-refractivity contribution in [1.82, 2.24) is 0 Å². The molecule has 0 aliphatic heterocycles. The van der Waals surface area contributed by atoms with Crippen molar-refractivity contribution < 1.29 is 0 Å². The van der Waals surface area contributed by atoms with Gasteiger partial charge in [0.1, 0.15) is 0 Å². The van der Waals surface area contributed by atoms with Crippen LogP contribution in [0.4, 0.5) is 0 Å². The van der Waals surface area contributed by atoms with E-state index in [1.54, 1.807) is 12.3 Å². The van der Waals surface area contributed by atoms with E-state index in [1.165, 1.54) is 19.3 Å². The summed E-state index contributed by atoms with van der Waals surface area (Å²) >= 11 is 0. The highest BCUT2D eigenvalue weighted by Crippen LogP contribution is 2.33. The lowest BCUT2D eigenvalue weighted by Gasteiger charge is -2.26. The van der Waals surface area contributed by atoms with E-state index in [-0.39, 0.29) is 0 Å². The fraction of sp³-hybridized carbons (Fsp3) is 0.500. The Hall–Kier alpha value is -1.12. The Bertz CT molecular complexity index is 186. The Balaban J connectivity index is 2.57. The first-order valence-corrected chi connectivity index (χ1v) is 3.88. The van der Waals surface area contributed by atoms with Gasteiger partial charge < -0.3 is 17.2 Å². The van der Waals surface area contributed by atoms with Gasteiger partial charge in [0.15, 0.2) is 0 Å². The molecule has 0 bridgehead atoms. The molecule has 0 unspecified atom stereocenters. The Morgan fingerprint density at radius 1 is 1.27 bits per heavy atom. The summed E-state index contributed by atoms with van der Waals surface area (Å²) in [4.78, 5) is 0. The van der Waals surface area contributed by atoms with E-state index in [0.29, 0.717) is 11.7 Å². The third kappa shape index (κ3) is 1.90. The van der Waals surface area contributed by atoms with Crippen LogP contribution in [-0.2, 0) is 0 Å². The zero-order valence-electron chi connectivity index (χ0n) is 6.59. The predicted molar refractivity (Wildman–Crippen MR) is 46.1 cm³/mol. The molecule has 0 spiro atoms. The minimum Gasteiger partial charge on any atom is -0.404 e. The van der Waals surface area contributed by atoms with E-state index in [1.807, 2.05) is 0 Å². The molecule has 0 aromatic heterocycles. The molecular weight excluding hydrogens is 138 g/mol. The highest BCUT2D eigenvalue weighted by atomic mass is 14.8. The molecule has 0 saturated heterocycles. The van der Waals surface area contributed by atoms with Crippen molar-refractivity contribution in [2.75, 3.05) is 0 Å². The van der Waals surface area contributed by atoms with Gasteiger partial charge in [-0.15, -0.1) is 0 Å². The van der Waals surface area contributed by atoms with Gasteiger partial charge in [0.25, 0.3) is 0 Å². The average Bonchev–Trinajstić information content (AvgIpc) is 1.81. The van der Waals surface area contributed by atoms with Gasteiger partial charge in [-0.3, -0.25) is 0 Å². The summed E-state index contributed by atoms with van der Waals surface area (Å²) in [7, 11) is 0. The van der Waals surface area contributed by atoms with Crippen LogP contribution in [0.25, 0.3) is 0 Å². The zero-order valence-corrected chi connectivity index (χ0v) is 6.59. The van der Waals surface area contributed by atoms with Gasteiger partial charge >= 0.3 is 0 Å². The van der Waals surface area contributed by atoms with Crippen molar-refractivity contribution in [2.24, 2.45) is 23.1 Å². The molecule has 3 heteroatoms. The first-order chi connectivity index (χ1) is 5.24. The Kier molecular flexibility index (Phi) is 2.41. The largest absolute Gasteiger partial charge is 0.404 e. The van der Waals surface area contributed by atoms with Crippen LogP contribution in [0.2, 0.25) is 0 Å². The molecular formula is C8H15N3. The van der Waals surface area contributed by atoms with E-state index in [0.717, 1.165) is 5.57 Å². The van der Waals surface area contributed by atoms with E-state index < -0.39 is 0 Å². The maximum absolute atomic E-state index is 5.41. The van der Waals surface area contributed by atoms with Crippen molar-refractivity contribution in [3.63, 3.8) is 0 Å². The summed E-state index contributed by atoms with van der Waals surface area (Å²) in [5.74, 6) is 0.940. The number of nitrogens with two attached hydrogens (primary N) is 3. The smallest absolute Gasteiger partial charge is 0.0936 e. The molecule has 1 rings (SSSR count). The first-order valence-electron chi connectivity index (χ1n) is 3.88. The monoisotopic (exact) mass is 153 g/mol. The fourth-order valence-corrected chi connectivity index (χ4v) is 1.24. The summed E-state index contributed by atoms with van der Waals surface area (Å²) < 4.78 is 0. The van der Waals surface area contributed by atoms with E-state index in [9.17, 15) is 0 Å². The summed E-state index contributed by atoms with van der Waals surface area (Å²) in [5, 5.41) is 0. The molecule has 0 amide bonds. The number of rotatable bonds is 2. The molecule has 3 nitrogen and oxygen atoms in total. The van der Waals surface area contributed by atoms with Crippen molar-refractivity contribution in [1.29, 1.82) is 0 Å². The van der Waals surface area contributed by atoms with Crippen molar-refractivity contribution in [3.05, 3.63) is 23.7 Å². The molecule has 0 atom stereocenters. The second kappa shape index (κ2) is 3.32. The molecule has 0 aromatic rings. The summed E-state index contributed by atoms with van der Waals surface area (Å²) in [6.07, 6.45) is 7.08. The highest BCUT2D eigenvalue weighted by Gasteiger charge is 2.19. The molecule has 1 aliphatic carbocycles. The quantitative estimate of drug-likeness (QED) is 0.502. The number of hydrogen-bond acceptors (Lipinski definition) is 3. The maximum Gasteiger partial charge on any atom is 0.0936 e. The maximum atomic E-state index is 5.41. The fourth-order valence-electron chi connectivity index (χ4n) is 1.24. The van der Waals surface area contributed by atoms with Crippen molar-refractivity contribution in [2.45, 2.75) is 19.3 Å². The summed E-state index contributed by atoms with van der Waals surface area (Å²) in [5.41, 5.74) is 17.1. The lowest BCUT2D eigenvalue weighted by atomic mass is 9.80. The SMILES string of the molecule is N/C=C(\C=C(N)N)C1CCC1. The van der Waals surface area contributed by atoms with Crippen LogP contribution >= 0.6 is 0 Å². The Morgan fingerprint density at radius 3 is 2.18 bits per heavy atom. The van der Waals surface area contributed by atoms with E-state index in [2.05, 4.69) is 0 Å². The van der Waals surface area contributed by atoms with Crippen LogP contribution < -0.4 is 17.2 Å². The third-order valence-electron chi connectivity index (χ3n) is 2.10. The van der Waals surface area contributed by atoms with E-state index >= 15 is 0 Å². The average molecular weight is 153 g/mol. The zero-order chi connectivity index (χ0) is 8.27. The van der Waals surface area contributed by atoms with Gasteiger partial charge in [0.05, 0.1) is 5.82 Å². The van der Waals surface area contributed by atoms with E-state index in [4.69, 9.17) is 17.2 Å². The lowest BCUT2D eigenvalue weighted by molar-refractivity contribution is 0.373. The lowest BCUT2D eigenvalue weighted by Crippen LogP contribution is -2.16. The second-order valence-electron chi connectivity index (χ2n) is 2.94. The van der Waals surface area contributed by atoms with Gasteiger partial charge in [0.2, 0.25) is 0 Å². The van der Waals surface area contributed by atoms with Gasteiger partial charge in [-0.1, -0.05) is 6.42 Å². The highest BCUT2D eigenvalue weighted by molar-refractivity contribution is 5.24. The van der Waals surface area contributed by atoms with Gasteiger partial charge in [-0.25, -0.2) is 0 Å². The molecule has 11 heavy (non-hydrogen) atoms. The normalized spacial score (nSPS) is 19.1. The first kappa shape index (κ1) is 7.98. The van der Waals surface area contributed by atoms with Crippen LogP contribution in [-0.4, -0.2) is 0 Å². The molecule has 1 fully saturated rings. The van der Waals surface area contributed by atoms with Gasteiger partial charge in [-0.05, 0) is 36.6 Å². The van der Waals surface area contributed by atoms with Crippen LogP contribution in [0.3, 0.4) is 0 Å². The second-order valence-corrected chi connectivity index (χ2v) is 2.94. The predicted octanol–water partition coefficient (Wildman–Crippen LogP) is 0.388. The third-order valence-corrected chi connectivity index (χ3v) is 2.10. The molecule has 1 saturated carbocycles. The van der Waals surface area contributed by atoms with Crippen LogP contribution in [0.15, 0.2) is 23.7 Å². The molecule has 0 aromatic carbocycles. The molecule has 0 heterocycles. The van der Waals surface area contributed by atoms with Crippen LogP contribution in [0.1, 0.15) is 19.3 Å². The number of hydrogen-bond donors (Lipinski definition) is 3. The topological polar surface area (TPSA) is 78.1 Å². The van der Waals surface area contributed by atoms with Gasteiger partial charge in [-0.2, -0.15) is 0 Å². The molecule has 1 aliphatic rings. The number of allylic oxidation sites excluding steroid dienone is 2. The van der Waals surface area contributed by atoms with Crippen molar-refractivity contribution in [3.8, 4) is 0 Å². The minimum atomic E-state index is 0.341. The molecule has 6 N–H and O–H groups in total. The van der Waals surface area contributed by atoms with Crippen LogP contribution in [0.5, 0.6) is 0 Å². The minimum absolute atomic E-state index is 0.341. The standard InChI is InChI=1S/C8H15N3/c9-5-7(4-8(10)11)6-2-1-3-6/h4-6H,1-3,9-11H2/b7-5+. The summed E-state index contributed by atoms with van der Waals surface area (Å²) in [6.45, 7) is 0. The Labute approximate surface area is 66.9 Å².